The van der Waals surface area contributed by atoms with Gasteiger partial charge in [0.2, 0.25) is 0 Å². The first-order valence-electron chi connectivity index (χ1n) is 4.73. The Morgan fingerprint density at radius 2 is 2.29 bits per heavy atom. The minimum atomic E-state index is -0.783. The van der Waals surface area contributed by atoms with Gasteiger partial charge in [-0.25, -0.2) is 0 Å². The van der Waals surface area contributed by atoms with E-state index in [0.29, 0.717) is 13.0 Å². The van der Waals surface area contributed by atoms with E-state index in [1.807, 2.05) is 6.92 Å². The van der Waals surface area contributed by atoms with E-state index < -0.39 is 5.60 Å². The third-order valence-corrected chi connectivity index (χ3v) is 2.39. The second-order valence-corrected chi connectivity index (χ2v) is 3.53. The van der Waals surface area contributed by atoms with Crippen LogP contribution in [-0.2, 0) is 9.53 Å². The average molecular weight is 198 g/mol. The maximum Gasteiger partial charge on any atom is 0.251 e. The fourth-order valence-corrected chi connectivity index (χ4v) is 0.876. The fraction of sp³-hybridized carbons (Fsp3) is 0.800. The van der Waals surface area contributed by atoms with Crippen molar-refractivity contribution < 1.29 is 9.53 Å². The Balaban J connectivity index is 4.14. The van der Waals surface area contributed by atoms with Crippen LogP contribution in [0.4, 0.5) is 0 Å². The van der Waals surface area contributed by atoms with Crippen LogP contribution in [0.25, 0.3) is 0 Å². The fourth-order valence-electron chi connectivity index (χ4n) is 0.876. The number of nitriles is 1. The van der Waals surface area contributed by atoms with E-state index in [-0.39, 0.29) is 11.8 Å². The van der Waals surface area contributed by atoms with E-state index in [2.05, 4.69) is 11.4 Å². The maximum atomic E-state index is 11.6. The SMILES string of the molecule is CCC(C)(OC)C(=O)NCC(C)C#N. The first-order chi connectivity index (χ1) is 6.50. The summed E-state index contributed by atoms with van der Waals surface area (Å²) in [6.45, 7) is 5.75. The molecule has 0 aliphatic rings. The number of nitrogens with one attached hydrogen (secondary N) is 1. The summed E-state index contributed by atoms with van der Waals surface area (Å²) in [5.74, 6) is -0.332. The molecule has 4 heteroatoms. The zero-order valence-corrected chi connectivity index (χ0v) is 9.26. The number of carbonyl (C=O) groups is 1. The average Bonchev–Trinajstić information content (AvgIpc) is 2.23. The van der Waals surface area contributed by atoms with Gasteiger partial charge in [0.05, 0.1) is 12.0 Å². The molecule has 0 spiro atoms. The molecule has 0 bridgehead atoms. The Labute approximate surface area is 85.2 Å². The molecule has 80 valence electrons. The van der Waals surface area contributed by atoms with Gasteiger partial charge in [0.25, 0.3) is 5.91 Å². The van der Waals surface area contributed by atoms with Gasteiger partial charge in [0.15, 0.2) is 0 Å². The van der Waals surface area contributed by atoms with Crippen molar-refractivity contribution >= 4 is 5.91 Å². The molecule has 0 aliphatic carbocycles. The maximum absolute atomic E-state index is 11.6. The van der Waals surface area contributed by atoms with Crippen LogP contribution < -0.4 is 5.32 Å². The van der Waals surface area contributed by atoms with Gasteiger partial charge in [-0.05, 0) is 20.3 Å². The van der Waals surface area contributed by atoms with E-state index in [1.54, 1.807) is 13.8 Å². The molecule has 2 atom stereocenters. The molecule has 0 aliphatic heterocycles. The lowest BCUT2D eigenvalue weighted by molar-refractivity contribution is -0.141. The summed E-state index contributed by atoms with van der Waals surface area (Å²) in [6, 6.07) is 2.05. The highest BCUT2D eigenvalue weighted by molar-refractivity contribution is 5.84. The van der Waals surface area contributed by atoms with Crippen LogP contribution in [0, 0.1) is 17.2 Å². The molecule has 1 amide bonds. The summed E-state index contributed by atoms with van der Waals surface area (Å²) in [7, 11) is 1.51. The van der Waals surface area contributed by atoms with Crippen molar-refractivity contribution in [2.45, 2.75) is 32.8 Å². The minimum absolute atomic E-state index is 0.162. The highest BCUT2D eigenvalue weighted by atomic mass is 16.5. The summed E-state index contributed by atoms with van der Waals surface area (Å²) >= 11 is 0. The lowest BCUT2D eigenvalue weighted by Crippen LogP contribution is -2.46. The van der Waals surface area contributed by atoms with Gasteiger partial charge in [0, 0.05) is 13.7 Å². The molecule has 0 rings (SSSR count). The van der Waals surface area contributed by atoms with Gasteiger partial charge in [0.1, 0.15) is 5.60 Å². The summed E-state index contributed by atoms with van der Waals surface area (Å²) < 4.78 is 5.12. The van der Waals surface area contributed by atoms with Crippen molar-refractivity contribution in [3.8, 4) is 6.07 Å². The predicted octanol–water partition coefficient (Wildman–Crippen LogP) is 1.08. The van der Waals surface area contributed by atoms with E-state index in [9.17, 15) is 4.79 Å². The quantitative estimate of drug-likeness (QED) is 0.719. The number of carbonyl (C=O) groups excluding carboxylic acids is 1. The van der Waals surface area contributed by atoms with Crippen LogP contribution in [0.1, 0.15) is 27.2 Å². The molecular weight excluding hydrogens is 180 g/mol. The van der Waals surface area contributed by atoms with Crippen LogP contribution in [-0.4, -0.2) is 25.2 Å². The molecule has 14 heavy (non-hydrogen) atoms. The van der Waals surface area contributed by atoms with Crippen LogP contribution >= 0.6 is 0 Å². The van der Waals surface area contributed by atoms with Gasteiger partial charge in [-0.2, -0.15) is 5.26 Å². The molecule has 4 nitrogen and oxygen atoms in total. The van der Waals surface area contributed by atoms with E-state index in [1.165, 1.54) is 7.11 Å². The third kappa shape index (κ3) is 3.35. The van der Waals surface area contributed by atoms with Crippen molar-refractivity contribution in [1.82, 2.24) is 5.32 Å². The summed E-state index contributed by atoms with van der Waals surface area (Å²) in [4.78, 5) is 11.6. The van der Waals surface area contributed by atoms with Gasteiger partial charge in [-0.15, -0.1) is 0 Å². The molecule has 2 unspecified atom stereocenters. The first kappa shape index (κ1) is 12.9. The second kappa shape index (κ2) is 5.61. The zero-order valence-electron chi connectivity index (χ0n) is 9.26. The minimum Gasteiger partial charge on any atom is -0.369 e. The van der Waals surface area contributed by atoms with Gasteiger partial charge < -0.3 is 10.1 Å². The molecule has 0 saturated carbocycles. The zero-order chi connectivity index (χ0) is 11.2. The molecule has 1 N–H and O–H groups in total. The van der Waals surface area contributed by atoms with E-state index in [0.717, 1.165) is 0 Å². The lowest BCUT2D eigenvalue weighted by Gasteiger charge is -2.25. The van der Waals surface area contributed by atoms with Gasteiger partial charge in [-0.3, -0.25) is 4.79 Å². The molecule has 0 saturated heterocycles. The number of nitrogens with zero attached hydrogens (tertiary/aromatic N) is 1. The standard InChI is InChI=1S/C10H18N2O2/c1-5-10(3,14-4)9(13)12-7-8(2)6-11/h8H,5,7H2,1-4H3,(H,12,13). The third-order valence-electron chi connectivity index (χ3n) is 2.39. The number of hydrogen-bond donors (Lipinski definition) is 1. The number of methoxy groups -OCH3 is 1. The van der Waals surface area contributed by atoms with Crippen LogP contribution in [0.3, 0.4) is 0 Å². The van der Waals surface area contributed by atoms with Gasteiger partial charge >= 0.3 is 0 Å². The molecular formula is C10H18N2O2. The molecule has 0 heterocycles. The summed E-state index contributed by atoms with van der Waals surface area (Å²) in [5.41, 5.74) is -0.783. The van der Waals surface area contributed by atoms with Crippen LogP contribution in [0.15, 0.2) is 0 Å². The Morgan fingerprint density at radius 1 is 1.71 bits per heavy atom. The Morgan fingerprint density at radius 3 is 2.64 bits per heavy atom. The molecule has 0 radical (unpaired) electrons. The topological polar surface area (TPSA) is 62.1 Å². The van der Waals surface area contributed by atoms with Crippen LogP contribution in [0.5, 0.6) is 0 Å². The number of amides is 1. The summed E-state index contributed by atoms with van der Waals surface area (Å²) in [6.07, 6.45) is 0.607. The Kier molecular flexibility index (Phi) is 5.18. The number of ether oxygens (including phenoxy) is 1. The van der Waals surface area contributed by atoms with E-state index >= 15 is 0 Å². The highest BCUT2D eigenvalue weighted by Gasteiger charge is 2.30. The van der Waals surface area contributed by atoms with Gasteiger partial charge in [-0.1, -0.05) is 6.92 Å². The van der Waals surface area contributed by atoms with Crippen molar-refractivity contribution in [3.05, 3.63) is 0 Å². The highest BCUT2D eigenvalue weighted by Crippen LogP contribution is 2.13. The van der Waals surface area contributed by atoms with Crippen LogP contribution in [0.2, 0.25) is 0 Å². The van der Waals surface area contributed by atoms with Crippen molar-refractivity contribution in [3.63, 3.8) is 0 Å². The van der Waals surface area contributed by atoms with Crippen molar-refractivity contribution in [2.24, 2.45) is 5.92 Å². The Bertz CT molecular complexity index is 229. The summed E-state index contributed by atoms with van der Waals surface area (Å²) in [5, 5.41) is 11.2. The lowest BCUT2D eigenvalue weighted by atomic mass is 10.0. The largest absolute Gasteiger partial charge is 0.369 e. The second-order valence-electron chi connectivity index (χ2n) is 3.53. The molecule has 0 aromatic carbocycles. The monoisotopic (exact) mass is 198 g/mol. The number of hydrogen-bond acceptors (Lipinski definition) is 3. The molecule has 0 aromatic rings. The molecule has 0 aromatic heterocycles. The van der Waals surface area contributed by atoms with Crippen molar-refractivity contribution in [1.29, 1.82) is 5.26 Å². The van der Waals surface area contributed by atoms with E-state index in [4.69, 9.17) is 10.00 Å². The Hall–Kier alpha value is -1.08. The van der Waals surface area contributed by atoms with Crippen molar-refractivity contribution in [2.75, 3.05) is 13.7 Å². The first-order valence-corrected chi connectivity index (χ1v) is 4.73. The smallest absolute Gasteiger partial charge is 0.251 e. The normalized spacial score (nSPS) is 16.5. The molecule has 0 fully saturated rings. The predicted molar refractivity (Wildman–Crippen MR) is 53.5 cm³/mol. The number of rotatable bonds is 5.